The van der Waals surface area contributed by atoms with Gasteiger partial charge in [0, 0.05) is 0 Å². The van der Waals surface area contributed by atoms with Crippen LogP contribution in [0.25, 0.3) is 0 Å². The Labute approximate surface area is 81.0 Å². The van der Waals surface area contributed by atoms with Gasteiger partial charge in [-0.05, 0) is 0 Å². The first kappa shape index (κ1) is 9.03. The fourth-order valence-electron chi connectivity index (χ4n) is 1.74. The number of rotatable bonds is 1. The molecule has 65 valence electrons. The Kier molecular flexibility index (Phi) is 2.55. The molecule has 1 aromatic carbocycles. The summed E-state index contributed by atoms with van der Waals surface area (Å²) in [6.45, 7) is -1.30. The Bertz CT molecular complexity index is 354. The van der Waals surface area contributed by atoms with Crippen LogP contribution >= 0.6 is 6.75 Å². The molecule has 0 spiro atoms. The molecule has 1 atom stereocenters. The molecule has 1 aromatic rings. The van der Waals surface area contributed by atoms with Crippen LogP contribution in [0.4, 0.5) is 0 Å². The molecular weight excluding hydrogens is 174 g/mol. The zero-order chi connectivity index (χ0) is 9.15. The summed E-state index contributed by atoms with van der Waals surface area (Å²) in [5.41, 5.74) is 0. The summed E-state index contributed by atoms with van der Waals surface area (Å²) in [5, 5.41) is 1.37. The van der Waals surface area contributed by atoms with E-state index in [1.165, 1.54) is 11.5 Å². The Morgan fingerprint density at radius 3 is 2.46 bits per heavy atom. The summed E-state index contributed by atoms with van der Waals surface area (Å²) in [7, 11) is 6.44. The van der Waals surface area contributed by atoms with E-state index in [0.29, 0.717) is 0 Å². The quantitative estimate of drug-likeness (QED) is 0.359. The molecule has 0 aromatic heterocycles. The molecule has 0 saturated heterocycles. The minimum atomic E-state index is -1.30. The van der Waals surface area contributed by atoms with Crippen molar-refractivity contribution in [3.63, 3.8) is 0 Å². The molecule has 2 heteroatoms. The van der Waals surface area contributed by atoms with E-state index in [-0.39, 0.29) is 0 Å². The predicted octanol–water partition coefficient (Wildman–Crippen LogP) is 2.37. The van der Waals surface area contributed by atoms with Gasteiger partial charge < -0.3 is 0 Å². The summed E-state index contributed by atoms with van der Waals surface area (Å²) in [5.74, 6) is 0. The van der Waals surface area contributed by atoms with Gasteiger partial charge in [0.05, 0.1) is 0 Å². The van der Waals surface area contributed by atoms with Crippen LogP contribution in [-0.2, 0) is 0 Å². The van der Waals surface area contributed by atoms with Crippen molar-refractivity contribution in [3.8, 4) is 0 Å². The van der Waals surface area contributed by atoms with E-state index in [2.05, 4.69) is 42.5 Å². The SMILES string of the molecule is [B]=P1(c2ccccc2)CC=CCC1. The first-order valence-electron chi connectivity index (χ1n) is 4.67. The molecule has 0 fully saturated rings. The van der Waals surface area contributed by atoms with E-state index in [1.54, 1.807) is 0 Å². The van der Waals surface area contributed by atoms with Crippen molar-refractivity contribution in [1.29, 1.82) is 0 Å². The maximum absolute atomic E-state index is 6.44. The van der Waals surface area contributed by atoms with Crippen LogP contribution in [0.5, 0.6) is 0 Å². The van der Waals surface area contributed by atoms with Gasteiger partial charge in [-0.15, -0.1) is 0 Å². The molecule has 1 aliphatic rings. The van der Waals surface area contributed by atoms with Crippen LogP contribution in [-0.4, -0.2) is 19.5 Å². The Hall–Kier alpha value is -0.545. The predicted molar refractivity (Wildman–Crippen MR) is 62.2 cm³/mol. The van der Waals surface area contributed by atoms with Crippen LogP contribution in [0.2, 0.25) is 0 Å². The molecule has 0 amide bonds. The van der Waals surface area contributed by atoms with Crippen molar-refractivity contribution in [2.24, 2.45) is 0 Å². The normalized spacial score (nSPS) is 27.3. The molecule has 0 nitrogen and oxygen atoms in total. The van der Waals surface area contributed by atoms with Crippen molar-refractivity contribution < 1.29 is 0 Å². The maximum atomic E-state index is 6.44. The van der Waals surface area contributed by atoms with Gasteiger partial charge in [-0.1, -0.05) is 0 Å². The zero-order valence-corrected chi connectivity index (χ0v) is 8.58. The Morgan fingerprint density at radius 1 is 1.08 bits per heavy atom. The van der Waals surface area contributed by atoms with E-state index in [1.807, 2.05) is 0 Å². The molecule has 1 heterocycles. The summed E-state index contributed by atoms with van der Waals surface area (Å²) in [4.78, 5) is 0. The second-order valence-electron chi connectivity index (χ2n) is 3.54. The van der Waals surface area contributed by atoms with Crippen LogP contribution in [0.15, 0.2) is 42.5 Å². The van der Waals surface area contributed by atoms with Crippen LogP contribution < -0.4 is 5.30 Å². The minimum absolute atomic E-state index is 1.08. The van der Waals surface area contributed by atoms with E-state index in [4.69, 9.17) is 7.18 Å². The van der Waals surface area contributed by atoms with Crippen LogP contribution in [0.3, 0.4) is 0 Å². The summed E-state index contributed by atoms with van der Waals surface area (Å²) in [6.07, 6.45) is 7.89. The number of hydrogen-bond acceptors (Lipinski definition) is 0. The Balaban J connectivity index is 2.35. The van der Waals surface area contributed by atoms with Crippen LogP contribution in [0, 0.1) is 0 Å². The molecule has 13 heavy (non-hydrogen) atoms. The topological polar surface area (TPSA) is 0 Å². The molecule has 1 aliphatic heterocycles. The van der Waals surface area contributed by atoms with Gasteiger partial charge in [0.15, 0.2) is 0 Å². The average molecular weight is 187 g/mol. The molecular formula is C11H13BP. The van der Waals surface area contributed by atoms with Gasteiger partial charge in [-0.2, -0.15) is 0 Å². The first-order valence-corrected chi connectivity index (χ1v) is 6.90. The molecule has 0 aliphatic carbocycles. The summed E-state index contributed by atoms with van der Waals surface area (Å²) < 4.78 is 0. The average Bonchev–Trinajstić information content (AvgIpc) is 2.20. The molecule has 0 bridgehead atoms. The van der Waals surface area contributed by atoms with E-state index in [0.717, 1.165) is 12.6 Å². The molecule has 0 N–H and O–H groups in total. The number of benzene rings is 1. The van der Waals surface area contributed by atoms with Crippen molar-refractivity contribution in [3.05, 3.63) is 42.5 Å². The number of hydrogen-bond donors (Lipinski definition) is 0. The standard InChI is InChI=1S/C11H13BP/c12-13(9-5-2-6-10-13)11-7-3-1-4-8-11/h1-5,7-8H,6,9-10H2. The van der Waals surface area contributed by atoms with Crippen molar-refractivity contribution in [2.45, 2.75) is 6.42 Å². The third-order valence-electron chi connectivity index (χ3n) is 2.56. The molecule has 1 unspecified atom stereocenters. The van der Waals surface area contributed by atoms with E-state index in [9.17, 15) is 0 Å². The Morgan fingerprint density at radius 2 is 1.85 bits per heavy atom. The molecule has 0 saturated carbocycles. The van der Waals surface area contributed by atoms with Gasteiger partial charge in [0.2, 0.25) is 0 Å². The van der Waals surface area contributed by atoms with Gasteiger partial charge in [-0.3, -0.25) is 0 Å². The monoisotopic (exact) mass is 187 g/mol. The second kappa shape index (κ2) is 3.68. The van der Waals surface area contributed by atoms with Crippen molar-refractivity contribution in [2.75, 3.05) is 12.3 Å². The second-order valence-corrected chi connectivity index (χ2v) is 6.93. The van der Waals surface area contributed by atoms with Crippen molar-refractivity contribution in [1.82, 2.24) is 0 Å². The molecule has 2 rings (SSSR count). The molecule has 1 radical (unpaired) electrons. The first-order chi connectivity index (χ1) is 6.31. The van der Waals surface area contributed by atoms with Gasteiger partial charge in [-0.25, -0.2) is 0 Å². The zero-order valence-electron chi connectivity index (χ0n) is 7.69. The number of allylic oxidation sites excluding steroid dienone is 2. The third-order valence-corrected chi connectivity index (χ3v) is 5.81. The van der Waals surface area contributed by atoms with Crippen molar-refractivity contribution >= 4 is 19.2 Å². The van der Waals surface area contributed by atoms with E-state index < -0.39 is 6.75 Å². The van der Waals surface area contributed by atoms with E-state index >= 15 is 0 Å². The van der Waals surface area contributed by atoms with Gasteiger partial charge >= 0.3 is 80.5 Å². The van der Waals surface area contributed by atoms with Crippen LogP contribution in [0.1, 0.15) is 6.42 Å². The van der Waals surface area contributed by atoms with Gasteiger partial charge in [0.1, 0.15) is 0 Å². The third kappa shape index (κ3) is 1.86. The summed E-state index contributed by atoms with van der Waals surface area (Å²) >= 11 is 0. The fraction of sp³-hybridized carbons (Fsp3) is 0.273. The van der Waals surface area contributed by atoms with Gasteiger partial charge in [0.25, 0.3) is 0 Å². The summed E-state index contributed by atoms with van der Waals surface area (Å²) in [6, 6.07) is 10.6. The fourth-order valence-corrected chi connectivity index (χ4v) is 4.29.